The number of hydrogen-bond acceptors (Lipinski definition) is 3. The molecule has 3 nitrogen and oxygen atoms in total. The highest BCUT2D eigenvalue weighted by Gasteiger charge is 2.19. The van der Waals surface area contributed by atoms with Crippen molar-refractivity contribution >= 4 is 38.9 Å². The van der Waals surface area contributed by atoms with Crippen LogP contribution >= 0.6 is 27.3 Å². The Balaban J connectivity index is 2.36. The van der Waals surface area contributed by atoms with Gasteiger partial charge in [-0.2, -0.15) is 0 Å². The van der Waals surface area contributed by atoms with Crippen molar-refractivity contribution in [3.05, 3.63) is 50.6 Å². The molecule has 0 fully saturated rings. The third kappa shape index (κ3) is 3.41. The maximum Gasteiger partial charge on any atom is 0.337 e. The number of nitrogens with one attached hydrogen (secondary N) is 1. The van der Waals surface area contributed by atoms with Crippen LogP contribution in [-0.4, -0.2) is 11.1 Å². The number of thiophene rings is 1. The van der Waals surface area contributed by atoms with Crippen molar-refractivity contribution in [3.8, 4) is 0 Å². The average Bonchev–Trinajstić information content (AvgIpc) is 2.88. The molecule has 2 aromatic rings. The lowest BCUT2D eigenvalue weighted by atomic mass is 10.0. The van der Waals surface area contributed by atoms with E-state index in [0.29, 0.717) is 11.6 Å². The highest BCUT2D eigenvalue weighted by molar-refractivity contribution is 9.10. The van der Waals surface area contributed by atoms with Crippen molar-refractivity contribution in [2.45, 2.75) is 19.9 Å². The van der Waals surface area contributed by atoms with E-state index in [1.54, 1.807) is 23.5 Å². The molecule has 106 valence electrons. The van der Waals surface area contributed by atoms with Gasteiger partial charge >= 0.3 is 5.97 Å². The Labute approximate surface area is 130 Å². The molecule has 0 radical (unpaired) electrons. The fraction of sp³-hybridized carbons (Fsp3) is 0.267. The Morgan fingerprint density at radius 3 is 2.65 bits per heavy atom. The molecule has 0 saturated heterocycles. The first-order valence-electron chi connectivity index (χ1n) is 6.32. The summed E-state index contributed by atoms with van der Waals surface area (Å²) in [7, 11) is 0. The lowest BCUT2D eigenvalue weighted by Crippen LogP contribution is -2.17. The molecule has 0 spiro atoms. The Morgan fingerprint density at radius 2 is 2.10 bits per heavy atom. The Kier molecular flexibility index (Phi) is 4.83. The zero-order valence-electron chi connectivity index (χ0n) is 11.3. The molecular weight excluding hydrogens is 338 g/mol. The van der Waals surface area contributed by atoms with Crippen LogP contribution in [0.2, 0.25) is 0 Å². The molecule has 20 heavy (non-hydrogen) atoms. The average molecular weight is 354 g/mol. The zero-order valence-corrected chi connectivity index (χ0v) is 13.7. The number of anilines is 1. The van der Waals surface area contributed by atoms with Gasteiger partial charge in [0.25, 0.3) is 0 Å². The van der Waals surface area contributed by atoms with Gasteiger partial charge in [0.1, 0.15) is 0 Å². The van der Waals surface area contributed by atoms with Crippen LogP contribution in [0, 0.1) is 5.92 Å². The van der Waals surface area contributed by atoms with E-state index in [9.17, 15) is 9.90 Å². The monoisotopic (exact) mass is 353 g/mol. The predicted molar refractivity (Wildman–Crippen MR) is 86.6 cm³/mol. The molecule has 0 amide bonds. The maximum atomic E-state index is 11.3. The lowest BCUT2D eigenvalue weighted by molar-refractivity contribution is 0.0698. The van der Waals surface area contributed by atoms with E-state index in [-0.39, 0.29) is 11.6 Å². The maximum absolute atomic E-state index is 11.3. The molecule has 1 heterocycles. The molecule has 1 atom stereocenters. The molecule has 1 unspecified atom stereocenters. The first-order chi connectivity index (χ1) is 9.49. The Morgan fingerprint density at radius 1 is 1.35 bits per heavy atom. The summed E-state index contributed by atoms with van der Waals surface area (Å²) in [5.74, 6) is -0.567. The number of aromatic carboxylic acids is 1. The minimum atomic E-state index is -0.923. The molecule has 0 aliphatic rings. The molecule has 2 N–H and O–H groups in total. The van der Waals surface area contributed by atoms with Gasteiger partial charge in [0.2, 0.25) is 0 Å². The van der Waals surface area contributed by atoms with Crippen LogP contribution in [0.1, 0.15) is 35.1 Å². The number of hydrogen-bond donors (Lipinski definition) is 2. The van der Waals surface area contributed by atoms with Gasteiger partial charge in [0, 0.05) is 9.35 Å². The number of rotatable bonds is 5. The van der Waals surface area contributed by atoms with Crippen LogP contribution in [0.15, 0.2) is 40.2 Å². The quantitative estimate of drug-likeness (QED) is 0.793. The van der Waals surface area contributed by atoms with Crippen molar-refractivity contribution in [2.75, 3.05) is 5.32 Å². The predicted octanol–water partition coefficient (Wildman–Crippen LogP) is 5.02. The van der Waals surface area contributed by atoms with Crippen molar-refractivity contribution < 1.29 is 9.90 Å². The molecule has 1 aromatic carbocycles. The molecule has 0 aliphatic carbocycles. The number of carboxylic acid groups (broad SMARTS) is 1. The van der Waals surface area contributed by atoms with Crippen molar-refractivity contribution in [1.82, 2.24) is 0 Å². The van der Waals surface area contributed by atoms with Crippen LogP contribution < -0.4 is 5.32 Å². The molecule has 1 aromatic heterocycles. The van der Waals surface area contributed by atoms with Gasteiger partial charge in [-0.3, -0.25) is 0 Å². The summed E-state index contributed by atoms with van der Waals surface area (Å²) < 4.78 is 0.860. The molecule has 0 saturated carbocycles. The smallest absolute Gasteiger partial charge is 0.337 e. The summed E-state index contributed by atoms with van der Waals surface area (Å²) in [5.41, 5.74) is 0.925. The van der Waals surface area contributed by atoms with Gasteiger partial charge in [-0.25, -0.2) is 4.79 Å². The van der Waals surface area contributed by atoms with E-state index in [1.807, 2.05) is 17.5 Å². The third-order valence-corrected chi connectivity index (χ3v) is 4.49. The first kappa shape index (κ1) is 15.1. The molecule has 2 rings (SSSR count). The van der Waals surface area contributed by atoms with Crippen LogP contribution in [0.25, 0.3) is 0 Å². The summed E-state index contributed by atoms with van der Waals surface area (Å²) in [4.78, 5) is 12.5. The van der Waals surface area contributed by atoms with Crippen molar-refractivity contribution in [2.24, 2.45) is 5.92 Å². The third-order valence-electron chi connectivity index (χ3n) is 3.04. The van der Waals surface area contributed by atoms with Gasteiger partial charge < -0.3 is 10.4 Å². The fourth-order valence-electron chi connectivity index (χ4n) is 2.02. The first-order valence-corrected chi connectivity index (χ1v) is 7.99. The standard InChI is InChI=1S/C15H16BrNO2S/c1-9(2)14(13-4-3-7-20-13)17-12-8-10(16)5-6-11(12)15(18)19/h3-9,14,17H,1-2H3,(H,18,19). The van der Waals surface area contributed by atoms with Gasteiger partial charge in [0.15, 0.2) is 0 Å². The molecule has 0 bridgehead atoms. The summed E-state index contributed by atoms with van der Waals surface area (Å²) in [5, 5.41) is 14.7. The lowest BCUT2D eigenvalue weighted by Gasteiger charge is -2.23. The number of halogens is 1. The fourth-order valence-corrected chi connectivity index (χ4v) is 3.33. The van der Waals surface area contributed by atoms with Gasteiger partial charge in [-0.15, -0.1) is 11.3 Å². The Hall–Kier alpha value is -1.33. The van der Waals surface area contributed by atoms with Crippen molar-refractivity contribution in [1.29, 1.82) is 0 Å². The van der Waals surface area contributed by atoms with Crippen LogP contribution in [0.5, 0.6) is 0 Å². The second-order valence-corrected chi connectivity index (χ2v) is 6.77. The van der Waals surface area contributed by atoms with E-state index in [0.717, 1.165) is 4.47 Å². The van der Waals surface area contributed by atoms with E-state index in [4.69, 9.17) is 0 Å². The minimum Gasteiger partial charge on any atom is -0.478 e. The van der Waals surface area contributed by atoms with Gasteiger partial charge in [-0.1, -0.05) is 35.8 Å². The zero-order chi connectivity index (χ0) is 14.7. The summed E-state index contributed by atoms with van der Waals surface area (Å²) >= 11 is 5.07. The normalized spacial score (nSPS) is 12.4. The van der Waals surface area contributed by atoms with Crippen LogP contribution in [0.3, 0.4) is 0 Å². The van der Waals surface area contributed by atoms with E-state index >= 15 is 0 Å². The highest BCUT2D eigenvalue weighted by Crippen LogP contribution is 2.32. The van der Waals surface area contributed by atoms with Gasteiger partial charge in [-0.05, 0) is 35.6 Å². The van der Waals surface area contributed by atoms with Crippen molar-refractivity contribution in [3.63, 3.8) is 0 Å². The largest absolute Gasteiger partial charge is 0.478 e. The second-order valence-electron chi connectivity index (χ2n) is 4.88. The highest BCUT2D eigenvalue weighted by atomic mass is 79.9. The topological polar surface area (TPSA) is 49.3 Å². The molecular formula is C15H16BrNO2S. The molecule has 0 aliphatic heterocycles. The number of carboxylic acids is 1. The van der Waals surface area contributed by atoms with Crippen LogP contribution in [-0.2, 0) is 0 Å². The number of carbonyl (C=O) groups is 1. The number of benzene rings is 1. The summed E-state index contributed by atoms with van der Waals surface area (Å²) in [6.45, 7) is 4.24. The Bertz CT molecular complexity index is 596. The van der Waals surface area contributed by atoms with E-state index in [2.05, 4.69) is 41.2 Å². The van der Waals surface area contributed by atoms with E-state index < -0.39 is 5.97 Å². The summed E-state index contributed by atoms with van der Waals surface area (Å²) in [6.07, 6.45) is 0. The second kappa shape index (κ2) is 6.41. The van der Waals surface area contributed by atoms with Crippen LogP contribution in [0.4, 0.5) is 5.69 Å². The molecule has 5 heteroatoms. The van der Waals surface area contributed by atoms with E-state index in [1.165, 1.54) is 4.88 Å². The van der Waals surface area contributed by atoms with Gasteiger partial charge in [0.05, 0.1) is 17.3 Å². The summed E-state index contributed by atoms with van der Waals surface area (Å²) in [6, 6.07) is 9.34. The minimum absolute atomic E-state index is 0.0994. The SMILES string of the molecule is CC(C)C(Nc1cc(Br)ccc1C(=O)O)c1cccs1.